The number of rotatable bonds is 5. The molecule has 6 nitrogen and oxygen atoms in total. The molecule has 0 amide bonds. The number of nitrogens with zero attached hydrogens (tertiary/aromatic N) is 3. The third-order valence-electron chi connectivity index (χ3n) is 5.23. The summed E-state index contributed by atoms with van der Waals surface area (Å²) < 4.78 is 5.98. The van der Waals surface area contributed by atoms with Crippen molar-refractivity contribution in [3.8, 4) is 40.4 Å². The quantitative estimate of drug-likeness (QED) is 0.328. The fraction of sp³-hybridized carbons (Fsp3) is 0.0345. The van der Waals surface area contributed by atoms with Crippen molar-refractivity contribution in [1.82, 2.24) is 19.9 Å². The molecule has 0 fully saturated rings. The predicted molar refractivity (Wildman–Crippen MR) is 140 cm³/mol. The molecule has 0 spiro atoms. The molecule has 0 unspecified atom stereocenters. The van der Waals surface area contributed by atoms with Gasteiger partial charge in [0, 0.05) is 22.9 Å². The van der Waals surface area contributed by atoms with Crippen LogP contribution in [0.25, 0.3) is 22.8 Å². The van der Waals surface area contributed by atoms with Gasteiger partial charge in [-0.05, 0) is 60.7 Å². The van der Waals surface area contributed by atoms with E-state index in [1.165, 1.54) is 0 Å². The molecule has 0 bridgehead atoms. The zero-order valence-electron chi connectivity index (χ0n) is 19.0. The van der Waals surface area contributed by atoms with Gasteiger partial charge in [-0.2, -0.15) is 4.98 Å². The molecule has 0 aliphatic rings. The summed E-state index contributed by atoms with van der Waals surface area (Å²) in [5, 5.41) is 0.389. The Labute approximate surface area is 212 Å². The Morgan fingerprint density at radius 1 is 0.806 bits per heavy atom. The van der Waals surface area contributed by atoms with Crippen molar-refractivity contribution in [2.24, 2.45) is 0 Å². The van der Waals surface area contributed by atoms with E-state index in [0.717, 1.165) is 16.8 Å². The van der Waals surface area contributed by atoms with Crippen LogP contribution in [0.15, 0.2) is 102 Å². The minimum Gasteiger partial charge on any atom is -0.486 e. The van der Waals surface area contributed by atoms with Crippen LogP contribution in [0.1, 0.15) is 16.8 Å². The molecule has 0 aliphatic carbocycles. The highest BCUT2D eigenvalue weighted by Gasteiger charge is 2.16. The van der Waals surface area contributed by atoms with Crippen molar-refractivity contribution in [3.63, 3.8) is 0 Å². The highest BCUT2D eigenvalue weighted by molar-refractivity contribution is 6.33. The summed E-state index contributed by atoms with van der Waals surface area (Å²) in [6.45, 7) is 0.238. The number of aromatic amines is 1. The maximum Gasteiger partial charge on any atom is 0.348 e. The van der Waals surface area contributed by atoms with Gasteiger partial charge in [0.05, 0.1) is 16.3 Å². The Bertz CT molecular complexity index is 1610. The van der Waals surface area contributed by atoms with E-state index in [4.69, 9.17) is 16.3 Å². The molecular formula is C29H19ClN4O2. The van der Waals surface area contributed by atoms with E-state index in [0.29, 0.717) is 21.9 Å². The average molecular weight is 491 g/mol. The van der Waals surface area contributed by atoms with Gasteiger partial charge in [-0.25, -0.2) is 9.78 Å². The van der Waals surface area contributed by atoms with E-state index < -0.39 is 5.69 Å². The first-order valence-corrected chi connectivity index (χ1v) is 11.5. The van der Waals surface area contributed by atoms with Gasteiger partial charge in [-0.1, -0.05) is 53.8 Å². The van der Waals surface area contributed by atoms with E-state index in [1.54, 1.807) is 24.4 Å². The number of halogens is 1. The summed E-state index contributed by atoms with van der Waals surface area (Å²) in [5.41, 5.74) is 3.14. The molecule has 36 heavy (non-hydrogen) atoms. The number of aromatic nitrogens is 4. The molecule has 2 aromatic heterocycles. The standard InChI is InChI=1S/C29H19ClN4O2/c30-24-10-6-11-25(36-19-23-9-4-5-18-31-23)26(24)28-32-27(33-29(35)34-28)22-16-14-21(15-17-22)13-12-20-7-2-1-3-8-20/h1-11,14-18H,19H2,(H,32,33,34,35). The molecule has 3 aromatic carbocycles. The van der Waals surface area contributed by atoms with Crippen LogP contribution in [0.3, 0.4) is 0 Å². The number of hydrogen-bond acceptors (Lipinski definition) is 5. The molecule has 0 radical (unpaired) electrons. The van der Waals surface area contributed by atoms with Crippen LogP contribution < -0.4 is 10.4 Å². The van der Waals surface area contributed by atoms with Crippen LogP contribution >= 0.6 is 11.6 Å². The second-order valence-electron chi connectivity index (χ2n) is 7.74. The lowest BCUT2D eigenvalue weighted by Crippen LogP contribution is -2.15. The molecule has 174 valence electrons. The summed E-state index contributed by atoms with van der Waals surface area (Å²) in [6, 6.07) is 28.0. The van der Waals surface area contributed by atoms with Gasteiger partial charge in [0.25, 0.3) is 0 Å². The summed E-state index contributed by atoms with van der Waals surface area (Å²) >= 11 is 6.51. The number of hydrogen-bond donors (Lipinski definition) is 1. The van der Waals surface area contributed by atoms with Gasteiger partial charge in [-0.3, -0.25) is 9.97 Å². The molecule has 0 saturated carbocycles. The molecule has 7 heteroatoms. The van der Waals surface area contributed by atoms with E-state index in [2.05, 4.69) is 31.8 Å². The third kappa shape index (κ3) is 5.49. The predicted octanol–water partition coefficient (Wildman–Crippen LogP) is 5.53. The second kappa shape index (κ2) is 10.7. The van der Waals surface area contributed by atoms with Crippen molar-refractivity contribution in [1.29, 1.82) is 0 Å². The summed E-state index contributed by atoms with van der Waals surface area (Å²) in [7, 11) is 0. The monoisotopic (exact) mass is 490 g/mol. The maximum atomic E-state index is 12.5. The molecule has 0 atom stereocenters. The number of nitrogens with one attached hydrogen (secondary N) is 1. The zero-order valence-corrected chi connectivity index (χ0v) is 19.7. The van der Waals surface area contributed by atoms with Crippen LogP contribution in [0.2, 0.25) is 5.02 Å². The van der Waals surface area contributed by atoms with Crippen molar-refractivity contribution in [3.05, 3.63) is 130 Å². The Morgan fingerprint density at radius 3 is 2.31 bits per heavy atom. The molecule has 0 saturated heterocycles. The van der Waals surface area contributed by atoms with Crippen molar-refractivity contribution in [2.75, 3.05) is 0 Å². The van der Waals surface area contributed by atoms with Gasteiger partial charge >= 0.3 is 5.69 Å². The molecule has 5 rings (SSSR count). The van der Waals surface area contributed by atoms with E-state index in [9.17, 15) is 4.79 Å². The van der Waals surface area contributed by atoms with Crippen LogP contribution in [-0.4, -0.2) is 19.9 Å². The SMILES string of the molecule is O=c1nc(-c2ccc(C#Cc3ccccc3)cc2)nc(-c2c(Cl)cccc2OCc2ccccn2)[nH]1. The van der Waals surface area contributed by atoms with Crippen LogP contribution in [0, 0.1) is 11.8 Å². The zero-order chi connectivity index (χ0) is 24.7. The number of ether oxygens (including phenoxy) is 1. The van der Waals surface area contributed by atoms with E-state index in [-0.39, 0.29) is 18.3 Å². The number of benzene rings is 3. The highest BCUT2D eigenvalue weighted by atomic mass is 35.5. The van der Waals surface area contributed by atoms with Crippen molar-refractivity contribution < 1.29 is 4.74 Å². The van der Waals surface area contributed by atoms with Gasteiger partial charge in [0.1, 0.15) is 18.2 Å². The normalized spacial score (nSPS) is 10.4. The van der Waals surface area contributed by atoms with E-state index in [1.807, 2.05) is 72.8 Å². The topological polar surface area (TPSA) is 80.8 Å². The lowest BCUT2D eigenvalue weighted by Gasteiger charge is -2.13. The smallest absolute Gasteiger partial charge is 0.348 e. The summed E-state index contributed by atoms with van der Waals surface area (Å²) in [4.78, 5) is 28.1. The fourth-order valence-corrected chi connectivity index (χ4v) is 3.75. The minimum atomic E-state index is -0.543. The van der Waals surface area contributed by atoms with Gasteiger partial charge in [0.2, 0.25) is 0 Å². The Hall–Kier alpha value is -4.73. The second-order valence-corrected chi connectivity index (χ2v) is 8.15. The minimum absolute atomic E-state index is 0.238. The van der Waals surface area contributed by atoms with Gasteiger partial charge in [0.15, 0.2) is 5.82 Å². The third-order valence-corrected chi connectivity index (χ3v) is 5.55. The van der Waals surface area contributed by atoms with Crippen LogP contribution in [0.4, 0.5) is 0 Å². The Balaban J connectivity index is 1.44. The molecule has 5 aromatic rings. The maximum absolute atomic E-state index is 12.5. The molecule has 1 N–H and O–H groups in total. The number of H-pyrrole nitrogens is 1. The molecule has 0 aliphatic heterocycles. The van der Waals surface area contributed by atoms with Gasteiger partial charge in [-0.15, -0.1) is 0 Å². The van der Waals surface area contributed by atoms with Crippen LogP contribution in [-0.2, 0) is 6.61 Å². The summed E-state index contributed by atoms with van der Waals surface area (Å²) in [5.74, 6) is 7.27. The largest absolute Gasteiger partial charge is 0.486 e. The first kappa shape index (κ1) is 23.0. The van der Waals surface area contributed by atoms with Gasteiger partial charge < -0.3 is 4.74 Å². The fourth-order valence-electron chi connectivity index (χ4n) is 3.49. The molecular weight excluding hydrogens is 472 g/mol. The number of pyridine rings is 1. The lowest BCUT2D eigenvalue weighted by atomic mass is 10.1. The average Bonchev–Trinajstić information content (AvgIpc) is 2.92. The van der Waals surface area contributed by atoms with Crippen molar-refractivity contribution in [2.45, 2.75) is 6.61 Å². The Kier molecular flexibility index (Phi) is 6.83. The molecule has 2 heterocycles. The first-order chi connectivity index (χ1) is 17.7. The Morgan fingerprint density at radius 2 is 1.56 bits per heavy atom. The highest BCUT2D eigenvalue weighted by Crippen LogP contribution is 2.35. The first-order valence-electron chi connectivity index (χ1n) is 11.1. The van der Waals surface area contributed by atoms with Crippen LogP contribution in [0.5, 0.6) is 5.75 Å². The van der Waals surface area contributed by atoms with Crippen molar-refractivity contribution >= 4 is 11.6 Å². The van der Waals surface area contributed by atoms with E-state index >= 15 is 0 Å². The lowest BCUT2D eigenvalue weighted by molar-refractivity contribution is 0.302. The summed E-state index contributed by atoms with van der Waals surface area (Å²) in [6.07, 6.45) is 1.70.